The highest BCUT2D eigenvalue weighted by molar-refractivity contribution is 6.35. The molecule has 0 bridgehead atoms. The Hall–Kier alpha value is -3.14. The summed E-state index contributed by atoms with van der Waals surface area (Å²) < 4.78 is 0. The molecule has 0 saturated carbocycles. The monoisotopic (exact) mass is 464 g/mol. The molecule has 0 aliphatic rings. The van der Waals surface area contributed by atoms with E-state index in [9.17, 15) is 19.9 Å². The van der Waals surface area contributed by atoms with Gasteiger partial charge in [0, 0.05) is 28.1 Å². The largest absolute Gasteiger partial charge is 0.479 e. The Morgan fingerprint density at radius 1 is 1.13 bits per heavy atom. The number of carbonyl (C=O) groups is 2. The van der Waals surface area contributed by atoms with E-state index in [1.807, 2.05) is 24.3 Å². The number of rotatable bonds is 8. The lowest BCUT2D eigenvalue weighted by Gasteiger charge is -2.20. The second-order valence-electron chi connectivity index (χ2n) is 6.81. The first-order valence-corrected chi connectivity index (χ1v) is 9.86. The molecule has 0 radical (unpaired) electrons. The van der Waals surface area contributed by atoms with Crippen LogP contribution in [-0.2, 0) is 11.2 Å². The molecule has 9 nitrogen and oxygen atoms in total. The Labute approximate surface area is 186 Å². The molecule has 162 valence electrons. The van der Waals surface area contributed by atoms with Crippen LogP contribution >= 0.6 is 23.2 Å². The van der Waals surface area contributed by atoms with Crippen LogP contribution in [0.25, 0.3) is 11.1 Å². The van der Waals surface area contributed by atoms with E-state index in [1.54, 1.807) is 18.2 Å². The molecule has 3 aromatic rings. The van der Waals surface area contributed by atoms with Crippen molar-refractivity contribution in [2.45, 2.75) is 25.0 Å². The first-order valence-electron chi connectivity index (χ1n) is 9.10. The Morgan fingerprint density at radius 2 is 1.84 bits per heavy atom. The maximum Gasteiger partial charge on any atom is 0.332 e. The van der Waals surface area contributed by atoms with Crippen LogP contribution in [0.1, 0.15) is 22.5 Å². The number of hydrogen-bond acceptors (Lipinski definition) is 6. The highest BCUT2D eigenvalue weighted by atomic mass is 35.5. The quantitative estimate of drug-likeness (QED) is 0.376. The molecule has 0 aliphatic heterocycles. The molecule has 2 aromatic carbocycles. The fourth-order valence-electron chi connectivity index (χ4n) is 3.01. The van der Waals surface area contributed by atoms with Crippen LogP contribution in [-0.4, -0.2) is 54.6 Å². The van der Waals surface area contributed by atoms with E-state index in [0.29, 0.717) is 14.9 Å². The van der Waals surface area contributed by atoms with Gasteiger partial charge in [0.15, 0.2) is 11.8 Å². The molecule has 4 N–H and O–H groups in total. The summed E-state index contributed by atoms with van der Waals surface area (Å²) in [5.41, 5.74) is 2.24. The number of nitrogens with zero attached hydrogens (tertiary/aromatic N) is 3. The van der Waals surface area contributed by atoms with Gasteiger partial charge in [0.25, 0.3) is 5.91 Å². The minimum absolute atomic E-state index is 0.150. The summed E-state index contributed by atoms with van der Waals surface area (Å²) in [5, 5.41) is 38.4. The topological polar surface area (TPSA) is 138 Å². The third-order valence-electron chi connectivity index (χ3n) is 4.52. The molecular formula is C20H18Cl2N4O5. The molecule has 0 saturated heterocycles. The van der Waals surface area contributed by atoms with Crippen molar-refractivity contribution in [3.05, 3.63) is 70.0 Å². The third-order valence-corrected chi connectivity index (χ3v) is 5.08. The number of carbonyl (C=O) groups excluding carboxylic acids is 1. The van der Waals surface area contributed by atoms with Gasteiger partial charge in [-0.1, -0.05) is 52.3 Å². The smallest absolute Gasteiger partial charge is 0.332 e. The average molecular weight is 465 g/mol. The lowest BCUT2D eigenvalue weighted by atomic mass is 9.97. The number of carboxylic acids is 1. The second-order valence-corrected chi connectivity index (χ2v) is 7.65. The van der Waals surface area contributed by atoms with Crippen molar-refractivity contribution in [3.8, 4) is 11.1 Å². The summed E-state index contributed by atoms with van der Waals surface area (Å²) in [6.07, 6.45) is -0.643. The van der Waals surface area contributed by atoms with Crippen molar-refractivity contribution in [1.82, 2.24) is 20.5 Å². The van der Waals surface area contributed by atoms with Crippen LogP contribution in [0.5, 0.6) is 0 Å². The number of aromatic nitrogens is 3. The summed E-state index contributed by atoms with van der Waals surface area (Å²) in [5.74, 6) is -2.06. The minimum atomic E-state index is -1.66. The summed E-state index contributed by atoms with van der Waals surface area (Å²) in [6, 6.07) is 11.7. The first kappa shape index (κ1) is 22.5. The highest BCUT2D eigenvalue weighted by Crippen LogP contribution is 2.30. The van der Waals surface area contributed by atoms with Gasteiger partial charge in [0.05, 0.1) is 6.20 Å². The van der Waals surface area contributed by atoms with Crippen molar-refractivity contribution in [2.24, 2.45) is 0 Å². The van der Waals surface area contributed by atoms with Gasteiger partial charge in [0.1, 0.15) is 0 Å². The number of hydrogen-bond donors (Lipinski definition) is 4. The van der Waals surface area contributed by atoms with E-state index in [4.69, 9.17) is 28.3 Å². The number of aliphatic carboxylic acids is 1. The molecule has 0 spiro atoms. The van der Waals surface area contributed by atoms with E-state index in [2.05, 4.69) is 15.6 Å². The number of carboxylic acid groups (broad SMARTS) is 1. The average Bonchev–Trinajstić information content (AvgIpc) is 3.17. The Kier molecular flexibility index (Phi) is 7.11. The van der Waals surface area contributed by atoms with Crippen molar-refractivity contribution in [2.75, 3.05) is 0 Å². The standard InChI is InChI=1S/C20H18Cl2N4O5/c21-13-5-6-16(22)15(8-13)12-3-1-11(2-4-12)7-14(9-18(27)20(29)30)23-19(28)17-10-26(31)25-24-17/h1-6,8,10,14,18,27,31H,7,9H2,(H,23,28)(H,29,30)/t14-,18-/m1/s1. The van der Waals surface area contributed by atoms with Gasteiger partial charge in [-0.2, -0.15) is 0 Å². The zero-order valence-electron chi connectivity index (χ0n) is 15.9. The van der Waals surface area contributed by atoms with Gasteiger partial charge in [0.2, 0.25) is 0 Å². The molecule has 0 aliphatic carbocycles. The summed E-state index contributed by atoms with van der Waals surface area (Å²) >= 11 is 12.3. The highest BCUT2D eigenvalue weighted by Gasteiger charge is 2.23. The second kappa shape index (κ2) is 9.78. The fraction of sp³-hybridized carbons (Fsp3) is 0.200. The molecule has 1 amide bonds. The van der Waals surface area contributed by atoms with Gasteiger partial charge in [-0.25, -0.2) is 4.79 Å². The molecule has 0 unspecified atom stereocenters. The first-order chi connectivity index (χ1) is 14.7. The molecular weight excluding hydrogens is 447 g/mol. The van der Waals surface area contributed by atoms with Crippen molar-refractivity contribution in [3.63, 3.8) is 0 Å². The molecule has 1 heterocycles. The van der Waals surface area contributed by atoms with E-state index in [-0.39, 0.29) is 18.5 Å². The molecule has 31 heavy (non-hydrogen) atoms. The summed E-state index contributed by atoms with van der Waals surface area (Å²) in [6.45, 7) is 0. The zero-order chi connectivity index (χ0) is 22.5. The van der Waals surface area contributed by atoms with Gasteiger partial charge in [-0.05, 0) is 41.0 Å². The molecule has 3 rings (SSSR count). The molecule has 11 heteroatoms. The maximum absolute atomic E-state index is 12.3. The van der Waals surface area contributed by atoms with Crippen LogP contribution in [0.15, 0.2) is 48.7 Å². The van der Waals surface area contributed by atoms with Crippen molar-refractivity contribution < 1.29 is 25.0 Å². The predicted molar refractivity (Wildman–Crippen MR) is 112 cm³/mol. The SMILES string of the molecule is O=C(N[C@H](Cc1ccc(-c2cc(Cl)ccc2Cl)cc1)C[C@@H](O)C(=O)O)c1cn(O)nn1. The third kappa shape index (κ3) is 5.94. The number of aliphatic hydroxyl groups excluding tert-OH is 1. The van der Waals surface area contributed by atoms with Crippen LogP contribution in [0, 0.1) is 0 Å². The summed E-state index contributed by atoms with van der Waals surface area (Å²) in [4.78, 5) is 23.8. The number of halogens is 2. The molecule has 2 atom stereocenters. The number of aliphatic hydroxyl groups is 1. The lowest BCUT2D eigenvalue weighted by Crippen LogP contribution is -2.40. The van der Waals surface area contributed by atoms with Crippen LogP contribution in [0.3, 0.4) is 0 Å². The van der Waals surface area contributed by atoms with Crippen molar-refractivity contribution >= 4 is 35.1 Å². The zero-order valence-corrected chi connectivity index (χ0v) is 17.5. The molecule has 1 aromatic heterocycles. The number of amides is 1. The van der Waals surface area contributed by atoms with Crippen LogP contribution in [0.2, 0.25) is 10.0 Å². The van der Waals surface area contributed by atoms with Gasteiger partial charge in [-0.3, -0.25) is 4.79 Å². The van der Waals surface area contributed by atoms with Crippen molar-refractivity contribution in [1.29, 1.82) is 0 Å². The number of nitrogens with one attached hydrogen (secondary N) is 1. The summed E-state index contributed by atoms with van der Waals surface area (Å²) in [7, 11) is 0. The van der Waals surface area contributed by atoms with Crippen LogP contribution < -0.4 is 5.32 Å². The van der Waals surface area contributed by atoms with E-state index >= 15 is 0 Å². The number of benzene rings is 2. The van der Waals surface area contributed by atoms with Gasteiger partial charge in [-0.15, -0.1) is 5.10 Å². The lowest BCUT2D eigenvalue weighted by molar-refractivity contribution is -0.147. The van der Waals surface area contributed by atoms with Crippen LogP contribution in [0.4, 0.5) is 0 Å². The fourth-order valence-corrected chi connectivity index (χ4v) is 3.40. The predicted octanol–water partition coefficient (Wildman–Crippen LogP) is 2.67. The van der Waals surface area contributed by atoms with Gasteiger partial charge >= 0.3 is 5.97 Å². The minimum Gasteiger partial charge on any atom is -0.479 e. The Morgan fingerprint density at radius 3 is 2.45 bits per heavy atom. The molecule has 0 fully saturated rings. The maximum atomic E-state index is 12.3. The normalized spacial score (nSPS) is 12.9. The Balaban J connectivity index is 1.77. The Bertz CT molecular complexity index is 1090. The van der Waals surface area contributed by atoms with E-state index < -0.39 is 24.0 Å². The van der Waals surface area contributed by atoms with E-state index in [0.717, 1.165) is 22.9 Å². The van der Waals surface area contributed by atoms with Gasteiger partial charge < -0.3 is 20.7 Å². The van der Waals surface area contributed by atoms with E-state index in [1.165, 1.54) is 0 Å².